The third kappa shape index (κ3) is 1.61. The van der Waals surface area contributed by atoms with Crippen LogP contribution in [-0.2, 0) is 0 Å². The zero-order chi connectivity index (χ0) is 7.72. The van der Waals surface area contributed by atoms with Crippen molar-refractivity contribution in [3.63, 3.8) is 0 Å². The van der Waals surface area contributed by atoms with E-state index in [9.17, 15) is 0 Å². The Kier molecular flexibility index (Phi) is 2.53. The lowest BCUT2D eigenvalue weighted by molar-refractivity contribution is 0.889. The van der Waals surface area contributed by atoms with Crippen molar-refractivity contribution in [1.82, 2.24) is 0 Å². The molecule has 0 spiro atoms. The summed E-state index contributed by atoms with van der Waals surface area (Å²) in [6, 6.07) is 2.25. The second-order valence-corrected chi connectivity index (χ2v) is 5.16. The van der Waals surface area contributed by atoms with Crippen molar-refractivity contribution in [1.29, 1.82) is 0 Å². The van der Waals surface area contributed by atoms with Crippen LogP contribution >= 0.6 is 27.3 Å². The van der Waals surface area contributed by atoms with Crippen molar-refractivity contribution in [3.05, 3.63) is 20.3 Å². The van der Waals surface area contributed by atoms with Gasteiger partial charge in [-0.2, -0.15) is 0 Å². The van der Waals surface area contributed by atoms with Crippen molar-refractivity contribution in [2.24, 2.45) is 0 Å². The van der Waals surface area contributed by atoms with Gasteiger partial charge >= 0.3 is 0 Å². The maximum absolute atomic E-state index is 3.50. The fourth-order valence-corrected chi connectivity index (χ4v) is 2.34. The number of thiophene rings is 1. The van der Waals surface area contributed by atoms with Crippen LogP contribution in [0.4, 0.5) is 0 Å². The normalized spacial score (nSPS) is 10.9. The molecule has 1 rings (SSSR count). The maximum Gasteiger partial charge on any atom is 0.0730 e. The van der Waals surface area contributed by atoms with Gasteiger partial charge in [0, 0.05) is 4.88 Å². The highest BCUT2D eigenvalue weighted by molar-refractivity contribution is 9.11. The van der Waals surface area contributed by atoms with Crippen molar-refractivity contribution in [2.45, 2.75) is 26.7 Å². The van der Waals surface area contributed by atoms with Gasteiger partial charge in [0.2, 0.25) is 0 Å². The van der Waals surface area contributed by atoms with Crippen molar-refractivity contribution >= 4 is 27.3 Å². The van der Waals surface area contributed by atoms with Crippen LogP contribution in [0.1, 0.15) is 30.2 Å². The van der Waals surface area contributed by atoms with E-state index < -0.39 is 0 Å². The Hall–Kier alpha value is 0.180. The first kappa shape index (κ1) is 8.28. The first-order chi connectivity index (χ1) is 4.61. The molecule has 0 unspecified atom stereocenters. The van der Waals surface area contributed by atoms with E-state index in [2.05, 4.69) is 42.8 Å². The van der Waals surface area contributed by atoms with E-state index in [0.29, 0.717) is 5.92 Å². The summed E-state index contributed by atoms with van der Waals surface area (Å²) in [5.74, 6) is 0.662. The van der Waals surface area contributed by atoms with Gasteiger partial charge in [-0.05, 0) is 40.4 Å². The van der Waals surface area contributed by atoms with Crippen LogP contribution in [0.2, 0.25) is 0 Å². The van der Waals surface area contributed by atoms with Gasteiger partial charge in [-0.25, -0.2) is 0 Å². The molecule has 1 aromatic heterocycles. The predicted molar refractivity (Wildman–Crippen MR) is 50.8 cm³/mol. The van der Waals surface area contributed by atoms with Gasteiger partial charge in [0.25, 0.3) is 0 Å². The quantitative estimate of drug-likeness (QED) is 0.671. The van der Waals surface area contributed by atoms with Crippen molar-refractivity contribution in [2.75, 3.05) is 0 Å². The van der Waals surface area contributed by atoms with Gasteiger partial charge in [0.1, 0.15) is 0 Å². The van der Waals surface area contributed by atoms with Gasteiger partial charge in [-0.1, -0.05) is 13.8 Å². The molecule has 0 saturated heterocycles. The third-order valence-corrected chi connectivity index (χ3v) is 3.88. The summed E-state index contributed by atoms with van der Waals surface area (Å²) in [4.78, 5) is 1.46. The predicted octanol–water partition coefficient (Wildman–Crippen LogP) is 3.94. The molecule has 0 aliphatic rings. The number of halogens is 1. The average molecular weight is 219 g/mol. The molecule has 0 nitrogen and oxygen atoms in total. The molecular formula is C8H11BrS. The molecule has 0 bridgehead atoms. The van der Waals surface area contributed by atoms with E-state index >= 15 is 0 Å². The van der Waals surface area contributed by atoms with Crippen molar-refractivity contribution < 1.29 is 0 Å². The monoisotopic (exact) mass is 218 g/mol. The molecule has 0 radical (unpaired) electrons. The summed E-state index contributed by atoms with van der Waals surface area (Å²) in [7, 11) is 0. The molecule has 2 heteroatoms. The minimum atomic E-state index is 0.662. The molecule has 0 fully saturated rings. The van der Waals surface area contributed by atoms with Gasteiger partial charge in [0.15, 0.2) is 0 Å². The molecule has 0 atom stereocenters. The highest BCUT2D eigenvalue weighted by Crippen LogP contribution is 2.31. The fraction of sp³-hybridized carbons (Fsp3) is 0.500. The maximum atomic E-state index is 3.50. The standard InChI is InChI=1S/C8H11BrS/c1-5(2)7-4-6(3)8(9)10-7/h4-5H,1-3H3. The van der Waals surface area contributed by atoms with Crippen LogP contribution in [-0.4, -0.2) is 0 Å². The lowest BCUT2D eigenvalue weighted by Gasteiger charge is -1.96. The Labute approximate surface area is 74.4 Å². The van der Waals surface area contributed by atoms with Crippen molar-refractivity contribution in [3.8, 4) is 0 Å². The number of hydrogen-bond donors (Lipinski definition) is 0. The third-order valence-electron chi connectivity index (χ3n) is 1.45. The zero-order valence-corrected chi connectivity index (χ0v) is 8.84. The second kappa shape index (κ2) is 3.05. The Balaban J connectivity index is 2.98. The molecule has 0 aliphatic heterocycles. The van der Waals surface area contributed by atoms with Gasteiger partial charge in [-0.3, -0.25) is 0 Å². The highest BCUT2D eigenvalue weighted by Gasteiger charge is 2.04. The van der Waals surface area contributed by atoms with Crippen LogP contribution in [0.25, 0.3) is 0 Å². The van der Waals surface area contributed by atoms with Gasteiger partial charge < -0.3 is 0 Å². The summed E-state index contributed by atoms with van der Waals surface area (Å²) in [6.07, 6.45) is 0. The first-order valence-corrected chi connectivity index (χ1v) is 4.98. The Morgan fingerprint density at radius 3 is 2.30 bits per heavy atom. The molecule has 10 heavy (non-hydrogen) atoms. The second-order valence-electron chi connectivity index (χ2n) is 2.76. The largest absolute Gasteiger partial charge is 0.133 e. The minimum Gasteiger partial charge on any atom is -0.133 e. The SMILES string of the molecule is Cc1cc(C(C)C)sc1Br. The molecule has 1 heterocycles. The van der Waals surface area contributed by atoms with Gasteiger partial charge in [-0.15, -0.1) is 11.3 Å². The summed E-state index contributed by atoms with van der Waals surface area (Å²) in [5, 5.41) is 0. The smallest absolute Gasteiger partial charge is 0.0730 e. The first-order valence-electron chi connectivity index (χ1n) is 3.37. The van der Waals surface area contributed by atoms with Crippen LogP contribution < -0.4 is 0 Å². The van der Waals surface area contributed by atoms with E-state index in [1.54, 1.807) is 0 Å². The number of aryl methyl sites for hydroxylation is 1. The van der Waals surface area contributed by atoms with Crippen LogP contribution in [0.15, 0.2) is 9.85 Å². The van der Waals surface area contributed by atoms with Crippen LogP contribution in [0.5, 0.6) is 0 Å². The molecule has 1 aromatic rings. The zero-order valence-electron chi connectivity index (χ0n) is 6.44. The van der Waals surface area contributed by atoms with E-state index in [1.807, 2.05) is 11.3 Å². The summed E-state index contributed by atoms with van der Waals surface area (Å²) in [5.41, 5.74) is 1.36. The van der Waals surface area contributed by atoms with E-state index in [0.717, 1.165) is 0 Å². The Morgan fingerprint density at radius 1 is 1.50 bits per heavy atom. The average Bonchev–Trinajstić information content (AvgIpc) is 2.13. The van der Waals surface area contributed by atoms with E-state index in [4.69, 9.17) is 0 Å². The van der Waals surface area contributed by atoms with Gasteiger partial charge in [0.05, 0.1) is 3.79 Å². The topological polar surface area (TPSA) is 0 Å². The van der Waals surface area contributed by atoms with Crippen LogP contribution in [0.3, 0.4) is 0 Å². The molecule has 56 valence electrons. The lowest BCUT2D eigenvalue weighted by Crippen LogP contribution is -1.77. The van der Waals surface area contributed by atoms with E-state index in [-0.39, 0.29) is 0 Å². The summed E-state index contributed by atoms with van der Waals surface area (Å²) in [6.45, 7) is 6.57. The number of hydrogen-bond acceptors (Lipinski definition) is 1. The van der Waals surface area contributed by atoms with Crippen LogP contribution in [0, 0.1) is 6.92 Å². The minimum absolute atomic E-state index is 0.662. The lowest BCUT2D eigenvalue weighted by atomic mass is 10.2. The summed E-state index contributed by atoms with van der Waals surface area (Å²) < 4.78 is 1.27. The molecule has 0 saturated carbocycles. The highest BCUT2D eigenvalue weighted by atomic mass is 79.9. The van der Waals surface area contributed by atoms with E-state index in [1.165, 1.54) is 14.2 Å². The molecule has 0 amide bonds. The Morgan fingerprint density at radius 2 is 2.10 bits per heavy atom. The fourth-order valence-electron chi connectivity index (χ4n) is 0.768. The molecule has 0 N–H and O–H groups in total. The molecule has 0 aromatic carbocycles. The summed E-state index contributed by atoms with van der Waals surface area (Å²) >= 11 is 5.34. The molecule has 0 aliphatic carbocycles. The number of rotatable bonds is 1. The molecular weight excluding hydrogens is 208 g/mol. The Bertz CT molecular complexity index is 206.